The van der Waals surface area contributed by atoms with Crippen LogP contribution in [0.2, 0.25) is 0 Å². The standard InChI is InChI=1S/C14H12N2O4/c1-7-3-5-9(13(17)18)11(15-7)12-10(14(19)20)6-4-8(2)16-12/h3-6H,1-2H3,(H,17,18)(H,19,20). The highest BCUT2D eigenvalue weighted by Gasteiger charge is 2.20. The Hall–Kier alpha value is -2.76. The number of aryl methyl sites for hydroxylation is 2. The smallest absolute Gasteiger partial charge is 0.337 e. The molecule has 0 aromatic carbocycles. The van der Waals surface area contributed by atoms with E-state index in [1.807, 2.05) is 0 Å². The Kier molecular flexibility index (Phi) is 3.47. The highest BCUT2D eigenvalue weighted by atomic mass is 16.4. The number of carboxylic acids is 2. The Morgan fingerprint density at radius 2 is 1.15 bits per heavy atom. The van der Waals surface area contributed by atoms with Crippen LogP contribution in [0.5, 0.6) is 0 Å². The average molecular weight is 272 g/mol. The van der Waals surface area contributed by atoms with Gasteiger partial charge in [-0.05, 0) is 38.1 Å². The summed E-state index contributed by atoms with van der Waals surface area (Å²) in [6.45, 7) is 3.40. The van der Waals surface area contributed by atoms with E-state index >= 15 is 0 Å². The molecule has 0 unspecified atom stereocenters. The third kappa shape index (κ3) is 2.49. The molecule has 0 amide bonds. The second-order valence-corrected chi connectivity index (χ2v) is 4.31. The summed E-state index contributed by atoms with van der Waals surface area (Å²) in [5.74, 6) is -2.35. The van der Waals surface area contributed by atoms with E-state index in [4.69, 9.17) is 0 Å². The zero-order chi connectivity index (χ0) is 14.9. The Bertz CT molecular complexity index is 649. The zero-order valence-electron chi connectivity index (χ0n) is 10.9. The van der Waals surface area contributed by atoms with Gasteiger partial charge in [-0.2, -0.15) is 0 Å². The molecule has 2 aromatic rings. The molecule has 0 spiro atoms. The van der Waals surface area contributed by atoms with Gasteiger partial charge in [0, 0.05) is 11.4 Å². The van der Waals surface area contributed by atoms with Gasteiger partial charge in [0.2, 0.25) is 0 Å². The number of nitrogens with zero attached hydrogens (tertiary/aromatic N) is 2. The highest BCUT2D eigenvalue weighted by Crippen LogP contribution is 2.24. The van der Waals surface area contributed by atoms with Crippen LogP contribution in [0.1, 0.15) is 32.1 Å². The minimum absolute atomic E-state index is 0.0681. The number of hydrogen-bond donors (Lipinski definition) is 2. The first-order valence-corrected chi connectivity index (χ1v) is 5.82. The van der Waals surface area contributed by atoms with Crippen LogP contribution < -0.4 is 0 Å². The number of aromatic carboxylic acids is 2. The molecule has 0 atom stereocenters. The summed E-state index contributed by atoms with van der Waals surface area (Å²) in [4.78, 5) is 30.8. The van der Waals surface area contributed by atoms with Gasteiger partial charge in [0.05, 0.1) is 11.1 Å². The normalized spacial score (nSPS) is 10.3. The van der Waals surface area contributed by atoms with Gasteiger partial charge in [-0.3, -0.25) is 9.97 Å². The summed E-state index contributed by atoms with van der Waals surface area (Å²) in [5.41, 5.74) is 1.17. The summed E-state index contributed by atoms with van der Waals surface area (Å²) in [5, 5.41) is 18.4. The van der Waals surface area contributed by atoms with Gasteiger partial charge in [-0.1, -0.05) is 0 Å². The number of carboxylic acid groups (broad SMARTS) is 2. The SMILES string of the molecule is Cc1ccc(C(=O)O)c(-c2nc(C)ccc2C(=O)O)n1. The van der Waals surface area contributed by atoms with E-state index in [0.717, 1.165) is 0 Å². The average Bonchev–Trinajstić information content (AvgIpc) is 2.37. The lowest BCUT2D eigenvalue weighted by Crippen LogP contribution is -2.08. The van der Waals surface area contributed by atoms with E-state index < -0.39 is 11.9 Å². The predicted octanol–water partition coefficient (Wildman–Crippen LogP) is 2.16. The van der Waals surface area contributed by atoms with Crippen molar-refractivity contribution in [1.29, 1.82) is 0 Å². The fourth-order valence-corrected chi connectivity index (χ4v) is 1.82. The zero-order valence-corrected chi connectivity index (χ0v) is 10.9. The summed E-state index contributed by atoms with van der Waals surface area (Å²) < 4.78 is 0. The van der Waals surface area contributed by atoms with Crippen LogP contribution in [0, 0.1) is 13.8 Å². The molecule has 0 aliphatic rings. The lowest BCUT2D eigenvalue weighted by molar-refractivity contribution is 0.0683. The topological polar surface area (TPSA) is 100 Å². The molecule has 2 rings (SSSR count). The molecular weight excluding hydrogens is 260 g/mol. The lowest BCUT2D eigenvalue weighted by atomic mass is 10.0. The van der Waals surface area contributed by atoms with Gasteiger partial charge in [-0.25, -0.2) is 9.59 Å². The fourth-order valence-electron chi connectivity index (χ4n) is 1.82. The Balaban J connectivity index is 2.79. The number of aromatic nitrogens is 2. The summed E-state index contributed by atoms with van der Waals surface area (Å²) in [6, 6.07) is 5.91. The maximum Gasteiger partial charge on any atom is 0.337 e. The largest absolute Gasteiger partial charge is 0.478 e. The van der Waals surface area contributed by atoms with Crippen LogP contribution in [-0.2, 0) is 0 Å². The molecule has 6 heteroatoms. The second kappa shape index (κ2) is 5.08. The molecule has 20 heavy (non-hydrogen) atoms. The maximum atomic E-state index is 11.3. The molecule has 0 fully saturated rings. The molecule has 0 bridgehead atoms. The van der Waals surface area contributed by atoms with E-state index in [9.17, 15) is 19.8 Å². The molecule has 0 radical (unpaired) electrons. The van der Waals surface area contributed by atoms with E-state index in [-0.39, 0.29) is 22.5 Å². The molecule has 102 valence electrons. The molecule has 2 N–H and O–H groups in total. The van der Waals surface area contributed by atoms with E-state index in [0.29, 0.717) is 11.4 Å². The predicted molar refractivity (Wildman–Crippen MR) is 70.9 cm³/mol. The number of rotatable bonds is 3. The van der Waals surface area contributed by atoms with Gasteiger partial charge >= 0.3 is 11.9 Å². The Morgan fingerprint density at radius 3 is 1.45 bits per heavy atom. The third-order valence-corrected chi connectivity index (χ3v) is 2.75. The van der Waals surface area contributed by atoms with Gasteiger partial charge in [0.1, 0.15) is 11.4 Å². The van der Waals surface area contributed by atoms with Gasteiger partial charge < -0.3 is 10.2 Å². The van der Waals surface area contributed by atoms with Crippen molar-refractivity contribution in [2.24, 2.45) is 0 Å². The summed E-state index contributed by atoms with van der Waals surface area (Å²) >= 11 is 0. The number of pyridine rings is 2. The van der Waals surface area contributed by atoms with Crippen LogP contribution in [0.3, 0.4) is 0 Å². The van der Waals surface area contributed by atoms with Crippen molar-refractivity contribution in [1.82, 2.24) is 9.97 Å². The molecular formula is C14H12N2O4. The van der Waals surface area contributed by atoms with Crippen molar-refractivity contribution >= 4 is 11.9 Å². The highest BCUT2D eigenvalue weighted by molar-refractivity contribution is 6.00. The quantitative estimate of drug-likeness (QED) is 0.887. The minimum atomic E-state index is -1.17. The van der Waals surface area contributed by atoms with Crippen molar-refractivity contribution in [3.05, 3.63) is 46.8 Å². The lowest BCUT2D eigenvalue weighted by Gasteiger charge is -2.09. The van der Waals surface area contributed by atoms with Crippen molar-refractivity contribution in [2.45, 2.75) is 13.8 Å². The van der Waals surface area contributed by atoms with Crippen LogP contribution in [0.4, 0.5) is 0 Å². The van der Waals surface area contributed by atoms with Crippen LogP contribution in [0.15, 0.2) is 24.3 Å². The van der Waals surface area contributed by atoms with E-state index in [2.05, 4.69) is 9.97 Å². The first-order chi connectivity index (χ1) is 9.40. The molecule has 6 nitrogen and oxygen atoms in total. The fraction of sp³-hybridized carbons (Fsp3) is 0.143. The Morgan fingerprint density at radius 1 is 0.800 bits per heavy atom. The molecule has 0 aliphatic carbocycles. The minimum Gasteiger partial charge on any atom is -0.478 e. The summed E-state index contributed by atoms with van der Waals surface area (Å²) in [7, 11) is 0. The molecule has 0 aliphatic heterocycles. The Labute approximate surface area is 114 Å². The first-order valence-electron chi connectivity index (χ1n) is 5.82. The third-order valence-electron chi connectivity index (χ3n) is 2.75. The van der Waals surface area contributed by atoms with Gasteiger partial charge in [-0.15, -0.1) is 0 Å². The number of hydrogen-bond acceptors (Lipinski definition) is 4. The van der Waals surface area contributed by atoms with Crippen molar-refractivity contribution in [2.75, 3.05) is 0 Å². The van der Waals surface area contributed by atoms with E-state index in [1.54, 1.807) is 26.0 Å². The number of carbonyl (C=O) groups is 2. The van der Waals surface area contributed by atoms with Crippen molar-refractivity contribution in [3.63, 3.8) is 0 Å². The van der Waals surface area contributed by atoms with Crippen LogP contribution in [0.25, 0.3) is 11.4 Å². The van der Waals surface area contributed by atoms with Crippen molar-refractivity contribution in [3.8, 4) is 11.4 Å². The first kappa shape index (κ1) is 13.7. The van der Waals surface area contributed by atoms with Crippen molar-refractivity contribution < 1.29 is 19.8 Å². The van der Waals surface area contributed by atoms with Gasteiger partial charge in [0.15, 0.2) is 0 Å². The molecule has 0 saturated heterocycles. The summed E-state index contributed by atoms with van der Waals surface area (Å²) in [6.07, 6.45) is 0. The van der Waals surface area contributed by atoms with Crippen LogP contribution >= 0.6 is 0 Å². The molecule has 2 aromatic heterocycles. The van der Waals surface area contributed by atoms with Gasteiger partial charge in [0.25, 0.3) is 0 Å². The van der Waals surface area contributed by atoms with Crippen LogP contribution in [-0.4, -0.2) is 32.1 Å². The second-order valence-electron chi connectivity index (χ2n) is 4.31. The van der Waals surface area contributed by atoms with E-state index in [1.165, 1.54) is 12.1 Å². The molecule has 2 heterocycles. The maximum absolute atomic E-state index is 11.3. The monoisotopic (exact) mass is 272 g/mol. The molecule has 0 saturated carbocycles.